The molecule has 0 spiro atoms. The lowest BCUT2D eigenvalue weighted by Crippen LogP contribution is -2.35. The molecule has 0 atom stereocenters. The largest absolute Gasteiger partial charge is 0.355 e. The molecular weight excluding hydrogens is 408 g/mol. The Kier molecular flexibility index (Phi) is 5.87. The van der Waals surface area contributed by atoms with E-state index in [1.54, 1.807) is 36.7 Å². The molecule has 1 aliphatic rings. The third-order valence-corrected chi connectivity index (χ3v) is 6.14. The van der Waals surface area contributed by atoms with Crippen molar-refractivity contribution in [1.82, 2.24) is 14.9 Å². The highest BCUT2D eigenvalue weighted by Gasteiger charge is 2.23. The van der Waals surface area contributed by atoms with E-state index in [-0.39, 0.29) is 11.7 Å². The molecule has 4 heterocycles. The third-order valence-electron chi connectivity index (χ3n) is 4.81. The van der Waals surface area contributed by atoms with Crippen molar-refractivity contribution in [2.75, 3.05) is 31.1 Å². The number of aromatic nitrogens is 2. The van der Waals surface area contributed by atoms with Crippen molar-refractivity contribution in [3.8, 4) is 0 Å². The lowest BCUT2D eigenvalue weighted by molar-refractivity contribution is 0.0772. The van der Waals surface area contributed by atoms with Gasteiger partial charge in [0.1, 0.15) is 16.4 Å². The molecule has 0 N–H and O–H groups in total. The minimum Gasteiger partial charge on any atom is -0.355 e. The molecule has 0 bridgehead atoms. The van der Waals surface area contributed by atoms with Crippen LogP contribution in [0.5, 0.6) is 0 Å². The molecule has 3 aromatic heterocycles. The Bertz CT molecular complexity index is 1020. The van der Waals surface area contributed by atoms with Gasteiger partial charge in [-0.2, -0.15) is 0 Å². The van der Waals surface area contributed by atoms with E-state index in [2.05, 4.69) is 14.9 Å². The smallest absolute Gasteiger partial charge is 0.265 e. The monoisotopic (exact) mass is 426 g/mol. The van der Waals surface area contributed by atoms with E-state index in [9.17, 15) is 9.59 Å². The molecule has 0 saturated carbocycles. The summed E-state index contributed by atoms with van der Waals surface area (Å²) in [4.78, 5) is 38.5. The number of amides is 1. The maximum absolute atomic E-state index is 12.7. The van der Waals surface area contributed by atoms with Crippen molar-refractivity contribution in [3.05, 3.63) is 75.3 Å². The number of thiophene rings is 1. The standard InChI is InChI=1S/C21H19ClN4O2S/c22-16-7-13-29-20(16)21(28)26-10-3-9-25(11-12-26)18-6-1-5-17(24-18)19(27)15-4-2-8-23-14-15/h1-2,4-8,13-14H,3,9-12H2. The van der Waals surface area contributed by atoms with Gasteiger partial charge in [-0.1, -0.05) is 17.7 Å². The molecule has 1 amide bonds. The molecule has 0 aromatic carbocycles. The molecule has 29 heavy (non-hydrogen) atoms. The average Bonchev–Trinajstić information content (AvgIpc) is 3.04. The molecule has 3 aromatic rings. The number of anilines is 1. The van der Waals surface area contributed by atoms with Crippen molar-refractivity contribution < 1.29 is 9.59 Å². The molecule has 1 saturated heterocycles. The summed E-state index contributed by atoms with van der Waals surface area (Å²) >= 11 is 7.49. The Labute approximate surface area is 177 Å². The summed E-state index contributed by atoms with van der Waals surface area (Å²) < 4.78 is 0. The zero-order valence-corrected chi connectivity index (χ0v) is 17.2. The highest BCUT2D eigenvalue weighted by atomic mass is 35.5. The first kappa shape index (κ1) is 19.5. The Hall–Kier alpha value is -2.77. The average molecular weight is 427 g/mol. The van der Waals surface area contributed by atoms with Crippen LogP contribution in [0.3, 0.4) is 0 Å². The molecule has 4 rings (SSSR count). The Morgan fingerprint density at radius 2 is 1.93 bits per heavy atom. The maximum atomic E-state index is 12.7. The van der Waals surface area contributed by atoms with Crippen LogP contribution in [0.1, 0.15) is 32.1 Å². The number of nitrogens with zero attached hydrogens (tertiary/aromatic N) is 4. The Morgan fingerprint density at radius 3 is 2.69 bits per heavy atom. The zero-order valence-electron chi connectivity index (χ0n) is 15.6. The van der Waals surface area contributed by atoms with Gasteiger partial charge in [-0.05, 0) is 42.1 Å². The zero-order chi connectivity index (χ0) is 20.2. The summed E-state index contributed by atoms with van der Waals surface area (Å²) in [5.41, 5.74) is 0.899. The van der Waals surface area contributed by atoms with Crippen molar-refractivity contribution >= 4 is 40.4 Å². The minimum absolute atomic E-state index is 0.0275. The number of carbonyl (C=O) groups is 2. The van der Waals surface area contributed by atoms with Crippen LogP contribution in [-0.2, 0) is 0 Å². The van der Waals surface area contributed by atoms with Crippen molar-refractivity contribution in [3.63, 3.8) is 0 Å². The number of pyridine rings is 2. The Morgan fingerprint density at radius 1 is 1.03 bits per heavy atom. The van der Waals surface area contributed by atoms with E-state index < -0.39 is 0 Å². The number of ketones is 1. The van der Waals surface area contributed by atoms with Gasteiger partial charge < -0.3 is 9.80 Å². The van der Waals surface area contributed by atoms with E-state index >= 15 is 0 Å². The Balaban J connectivity index is 1.48. The van der Waals surface area contributed by atoms with Crippen LogP contribution in [0.25, 0.3) is 0 Å². The molecule has 0 aliphatic carbocycles. The van der Waals surface area contributed by atoms with Gasteiger partial charge in [-0.15, -0.1) is 11.3 Å². The van der Waals surface area contributed by atoms with Gasteiger partial charge in [0.05, 0.1) is 5.02 Å². The SMILES string of the molecule is O=C(c1cccnc1)c1cccc(N2CCCN(C(=O)c3sccc3Cl)CC2)n1. The van der Waals surface area contributed by atoms with E-state index in [4.69, 9.17) is 11.6 Å². The van der Waals surface area contributed by atoms with E-state index in [0.717, 1.165) is 18.8 Å². The lowest BCUT2D eigenvalue weighted by Gasteiger charge is -2.23. The van der Waals surface area contributed by atoms with Crippen molar-refractivity contribution in [2.45, 2.75) is 6.42 Å². The number of halogens is 1. The highest BCUT2D eigenvalue weighted by Crippen LogP contribution is 2.24. The minimum atomic E-state index is -0.154. The summed E-state index contributed by atoms with van der Waals surface area (Å²) in [6, 6.07) is 10.7. The van der Waals surface area contributed by atoms with E-state index in [1.807, 2.05) is 22.4 Å². The number of hydrogen-bond donors (Lipinski definition) is 0. The predicted octanol–water partition coefficient (Wildman–Crippen LogP) is 3.78. The molecule has 0 radical (unpaired) electrons. The second-order valence-corrected chi connectivity index (χ2v) is 8.01. The second kappa shape index (κ2) is 8.71. The summed E-state index contributed by atoms with van der Waals surface area (Å²) in [5.74, 6) is 0.558. The van der Waals surface area contributed by atoms with Gasteiger partial charge in [0.15, 0.2) is 0 Å². The molecule has 148 valence electrons. The van der Waals surface area contributed by atoms with Crippen molar-refractivity contribution in [2.24, 2.45) is 0 Å². The highest BCUT2D eigenvalue weighted by molar-refractivity contribution is 7.12. The van der Waals surface area contributed by atoms with Crippen LogP contribution in [0.2, 0.25) is 5.02 Å². The molecule has 8 heteroatoms. The van der Waals surface area contributed by atoms with E-state index in [1.165, 1.54) is 11.3 Å². The first-order valence-electron chi connectivity index (χ1n) is 9.32. The van der Waals surface area contributed by atoms with Gasteiger partial charge in [0.2, 0.25) is 5.78 Å². The number of rotatable bonds is 4. The van der Waals surface area contributed by atoms with Crippen LogP contribution in [-0.4, -0.2) is 52.7 Å². The fourth-order valence-electron chi connectivity index (χ4n) is 3.31. The predicted molar refractivity (Wildman–Crippen MR) is 114 cm³/mol. The van der Waals surface area contributed by atoms with Crippen LogP contribution in [0.15, 0.2) is 54.2 Å². The number of carbonyl (C=O) groups excluding carboxylic acids is 2. The molecular formula is C21H19ClN4O2S. The van der Waals surface area contributed by atoms with Crippen LogP contribution >= 0.6 is 22.9 Å². The fourth-order valence-corrected chi connectivity index (χ4v) is 4.41. The molecule has 0 unspecified atom stereocenters. The summed E-state index contributed by atoms with van der Waals surface area (Å²) in [7, 11) is 0. The summed E-state index contributed by atoms with van der Waals surface area (Å²) in [5, 5.41) is 2.33. The quantitative estimate of drug-likeness (QED) is 0.594. The lowest BCUT2D eigenvalue weighted by atomic mass is 10.1. The first-order valence-corrected chi connectivity index (χ1v) is 10.6. The molecule has 6 nitrogen and oxygen atoms in total. The van der Waals surface area contributed by atoms with Crippen LogP contribution in [0.4, 0.5) is 5.82 Å². The fraction of sp³-hybridized carbons (Fsp3) is 0.238. The van der Waals surface area contributed by atoms with Crippen LogP contribution < -0.4 is 4.90 Å². The van der Waals surface area contributed by atoms with Crippen LogP contribution in [0, 0.1) is 0 Å². The second-order valence-electron chi connectivity index (χ2n) is 6.68. The van der Waals surface area contributed by atoms with E-state index in [0.29, 0.717) is 40.8 Å². The number of hydrogen-bond acceptors (Lipinski definition) is 6. The maximum Gasteiger partial charge on any atom is 0.265 e. The van der Waals surface area contributed by atoms with Gasteiger partial charge in [0, 0.05) is 44.1 Å². The first-order chi connectivity index (χ1) is 14.1. The summed E-state index contributed by atoms with van der Waals surface area (Å²) in [6.07, 6.45) is 3.99. The van der Waals surface area contributed by atoms with Gasteiger partial charge in [0.25, 0.3) is 5.91 Å². The molecule has 1 fully saturated rings. The topological polar surface area (TPSA) is 66.4 Å². The third kappa shape index (κ3) is 4.31. The van der Waals surface area contributed by atoms with Gasteiger partial charge >= 0.3 is 0 Å². The van der Waals surface area contributed by atoms with Gasteiger partial charge in [-0.25, -0.2) is 4.98 Å². The van der Waals surface area contributed by atoms with Gasteiger partial charge in [-0.3, -0.25) is 14.6 Å². The van der Waals surface area contributed by atoms with Crippen molar-refractivity contribution in [1.29, 1.82) is 0 Å². The molecule has 1 aliphatic heterocycles. The summed E-state index contributed by atoms with van der Waals surface area (Å²) in [6.45, 7) is 2.65. The normalized spacial score (nSPS) is 14.5.